The van der Waals surface area contributed by atoms with Gasteiger partial charge in [0.15, 0.2) is 0 Å². The van der Waals surface area contributed by atoms with E-state index in [0.29, 0.717) is 18.0 Å². The Morgan fingerprint density at radius 2 is 2.20 bits per heavy atom. The number of carboxylic acids is 1. The second kappa shape index (κ2) is 7.98. The molecule has 1 heterocycles. The van der Waals surface area contributed by atoms with Crippen molar-refractivity contribution in [2.24, 2.45) is 0 Å². The quantitative estimate of drug-likeness (QED) is 0.708. The smallest absolute Gasteiger partial charge is 0.326 e. The number of carbonyl (C=O) groups excluding carboxylic acids is 1. The second-order valence-electron chi connectivity index (χ2n) is 4.22. The van der Waals surface area contributed by atoms with Crippen LogP contribution < -0.4 is 15.4 Å². The normalized spacial score (nSPS) is 11.5. The number of nitrogens with zero attached hydrogens (tertiary/aromatic N) is 1. The summed E-state index contributed by atoms with van der Waals surface area (Å²) < 4.78 is 4.90. The molecule has 1 rings (SSSR count). The van der Waals surface area contributed by atoms with Gasteiger partial charge in [0.25, 0.3) is 0 Å². The van der Waals surface area contributed by atoms with Gasteiger partial charge in [0.2, 0.25) is 5.88 Å². The minimum Gasteiger partial charge on any atom is -0.481 e. The van der Waals surface area contributed by atoms with Crippen LogP contribution >= 0.6 is 0 Å². The molecular weight excluding hydrogens is 262 g/mol. The summed E-state index contributed by atoms with van der Waals surface area (Å²) in [6, 6.07) is 1.76. The Morgan fingerprint density at radius 1 is 1.45 bits per heavy atom. The number of ether oxygens (including phenoxy) is 1. The first-order valence-electron chi connectivity index (χ1n) is 6.37. The molecule has 0 unspecified atom stereocenters. The van der Waals surface area contributed by atoms with Gasteiger partial charge in [0, 0.05) is 6.07 Å². The van der Waals surface area contributed by atoms with E-state index >= 15 is 0 Å². The van der Waals surface area contributed by atoms with Gasteiger partial charge < -0.3 is 20.5 Å². The van der Waals surface area contributed by atoms with Crippen LogP contribution in [0.1, 0.15) is 26.2 Å². The molecular formula is C13H19N3O4. The van der Waals surface area contributed by atoms with Crippen molar-refractivity contribution in [2.45, 2.75) is 32.2 Å². The predicted octanol–water partition coefficient (Wildman–Crippen LogP) is 1.86. The van der Waals surface area contributed by atoms with Crippen LogP contribution in [0.5, 0.6) is 5.88 Å². The summed E-state index contributed by atoms with van der Waals surface area (Å²) in [5, 5.41) is 14.0. The topological polar surface area (TPSA) is 101 Å². The van der Waals surface area contributed by atoms with E-state index in [-0.39, 0.29) is 0 Å². The van der Waals surface area contributed by atoms with E-state index in [4.69, 9.17) is 9.84 Å². The molecule has 3 N–H and O–H groups in total. The fourth-order valence-corrected chi connectivity index (χ4v) is 1.57. The minimum absolute atomic E-state index is 0.403. The maximum Gasteiger partial charge on any atom is 0.326 e. The van der Waals surface area contributed by atoms with Crippen LogP contribution in [0.25, 0.3) is 0 Å². The summed E-state index contributed by atoms with van der Waals surface area (Å²) in [4.78, 5) is 26.6. The van der Waals surface area contributed by atoms with E-state index in [1.165, 1.54) is 13.3 Å². The Bertz CT molecular complexity index is 447. The molecule has 0 spiro atoms. The number of carboxylic acid groups (broad SMARTS) is 1. The SMILES string of the molecule is CCCC[C@H](NC(=O)Nc1ccc(OC)nc1)C(=O)O. The summed E-state index contributed by atoms with van der Waals surface area (Å²) in [5.41, 5.74) is 0.461. The first kappa shape index (κ1) is 15.7. The zero-order valence-electron chi connectivity index (χ0n) is 11.5. The number of pyridine rings is 1. The number of aromatic nitrogens is 1. The Morgan fingerprint density at radius 3 is 2.70 bits per heavy atom. The number of hydrogen-bond donors (Lipinski definition) is 3. The third-order valence-electron chi connectivity index (χ3n) is 2.65. The summed E-state index contributed by atoms with van der Waals surface area (Å²) in [5.74, 6) is -0.608. The molecule has 110 valence electrons. The van der Waals surface area contributed by atoms with Gasteiger partial charge in [-0.1, -0.05) is 19.8 Å². The van der Waals surface area contributed by atoms with Crippen LogP contribution in [0.2, 0.25) is 0 Å². The van der Waals surface area contributed by atoms with Crippen molar-refractivity contribution in [2.75, 3.05) is 12.4 Å². The van der Waals surface area contributed by atoms with Crippen LogP contribution in [-0.2, 0) is 4.79 Å². The van der Waals surface area contributed by atoms with Crippen molar-refractivity contribution in [3.05, 3.63) is 18.3 Å². The van der Waals surface area contributed by atoms with Gasteiger partial charge in [-0.05, 0) is 12.5 Å². The van der Waals surface area contributed by atoms with E-state index in [0.717, 1.165) is 12.8 Å². The molecule has 1 aromatic rings. The van der Waals surface area contributed by atoms with Crippen molar-refractivity contribution >= 4 is 17.7 Å². The van der Waals surface area contributed by atoms with Gasteiger partial charge >= 0.3 is 12.0 Å². The lowest BCUT2D eigenvalue weighted by Crippen LogP contribution is -2.42. The number of unbranched alkanes of at least 4 members (excludes halogenated alkanes) is 1. The second-order valence-corrected chi connectivity index (χ2v) is 4.22. The summed E-state index contributed by atoms with van der Waals surface area (Å²) in [6.45, 7) is 1.96. The lowest BCUT2D eigenvalue weighted by atomic mass is 10.1. The number of carbonyl (C=O) groups is 2. The molecule has 0 aliphatic carbocycles. The average Bonchev–Trinajstić information content (AvgIpc) is 2.44. The molecule has 0 aliphatic heterocycles. The maximum atomic E-state index is 11.7. The molecule has 0 saturated heterocycles. The van der Waals surface area contributed by atoms with Crippen LogP contribution in [0.4, 0.5) is 10.5 Å². The molecule has 20 heavy (non-hydrogen) atoms. The van der Waals surface area contributed by atoms with Crippen molar-refractivity contribution in [1.82, 2.24) is 10.3 Å². The molecule has 1 atom stereocenters. The van der Waals surface area contributed by atoms with Crippen molar-refractivity contribution in [1.29, 1.82) is 0 Å². The van der Waals surface area contributed by atoms with Gasteiger partial charge in [-0.3, -0.25) is 0 Å². The first-order chi connectivity index (χ1) is 9.56. The highest BCUT2D eigenvalue weighted by Gasteiger charge is 2.19. The fourth-order valence-electron chi connectivity index (χ4n) is 1.57. The molecule has 0 saturated carbocycles. The molecule has 7 heteroatoms. The lowest BCUT2D eigenvalue weighted by molar-refractivity contribution is -0.139. The van der Waals surface area contributed by atoms with E-state index in [1.807, 2.05) is 6.92 Å². The van der Waals surface area contributed by atoms with Crippen LogP contribution in [0.3, 0.4) is 0 Å². The number of hydrogen-bond acceptors (Lipinski definition) is 4. The number of methoxy groups -OCH3 is 1. The highest BCUT2D eigenvalue weighted by molar-refractivity contribution is 5.92. The Kier molecular flexibility index (Phi) is 6.28. The Balaban J connectivity index is 2.53. The monoisotopic (exact) mass is 281 g/mol. The average molecular weight is 281 g/mol. The molecule has 0 bridgehead atoms. The zero-order chi connectivity index (χ0) is 15.0. The maximum absolute atomic E-state index is 11.7. The van der Waals surface area contributed by atoms with E-state index in [9.17, 15) is 9.59 Å². The highest BCUT2D eigenvalue weighted by Crippen LogP contribution is 2.11. The molecule has 0 fully saturated rings. The third-order valence-corrected chi connectivity index (χ3v) is 2.65. The van der Waals surface area contributed by atoms with Gasteiger partial charge in [-0.2, -0.15) is 0 Å². The van der Waals surface area contributed by atoms with E-state index < -0.39 is 18.0 Å². The number of aliphatic carboxylic acids is 1. The summed E-state index contributed by atoms with van der Waals surface area (Å²) in [6.07, 6.45) is 3.44. The zero-order valence-corrected chi connectivity index (χ0v) is 11.5. The highest BCUT2D eigenvalue weighted by atomic mass is 16.5. The van der Waals surface area contributed by atoms with Gasteiger partial charge in [0.05, 0.1) is 19.0 Å². The number of urea groups is 1. The first-order valence-corrected chi connectivity index (χ1v) is 6.37. The summed E-state index contributed by atoms with van der Waals surface area (Å²) in [7, 11) is 1.49. The number of rotatable bonds is 7. The number of anilines is 1. The van der Waals surface area contributed by atoms with Crippen molar-refractivity contribution < 1.29 is 19.4 Å². The van der Waals surface area contributed by atoms with Crippen LogP contribution in [-0.4, -0.2) is 35.2 Å². The lowest BCUT2D eigenvalue weighted by Gasteiger charge is -2.14. The number of nitrogens with one attached hydrogen (secondary N) is 2. The van der Waals surface area contributed by atoms with Gasteiger partial charge in [-0.25, -0.2) is 14.6 Å². The summed E-state index contributed by atoms with van der Waals surface area (Å²) >= 11 is 0. The fraction of sp³-hybridized carbons (Fsp3) is 0.462. The molecule has 2 amide bonds. The van der Waals surface area contributed by atoms with Crippen LogP contribution in [0, 0.1) is 0 Å². The Labute approximate surface area is 117 Å². The molecule has 0 aliphatic rings. The molecule has 7 nitrogen and oxygen atoms in total. The van der Waals surface area contributed by atoms with Gasteiger partial charge in [-0.15, -0.1) is 0 Å². The minimum atomic E-state index is -1.04. The van der Waals surface area contributed by atoms with E-state index in [2.05, 4.69) is 15.6 Å². The van der Waals surface area contributed by atoms with Crippen molar-refractivity contribution in [3.8, 4) is 5.88 Å². The number of amides is 2. The predicted molar refractivity (Wildman–Crippen MR) is 73.9 cm³/mol. The van der Waals surface area contributed by atoms with Gasteiger partial charge in [0.1, 0.15) is 6.04 Å². The molecule has 0 aromatic carbocycles. The van der Waals surface area contributed by atoms with Crippen LogP contribution in [0.15, 0.2) is 18.3 Å². The standard InChI is InChI=1S/C13H19N3O4/c1-3-4-5-10(12(17)18)16-13(19)15-9-6-7-11(20-2)14-8-9/h6-8,10H,3-5H2,1-2H3,(H,17,18)(H2,15,16,19)/t10-/m0/s1. The van der Waals surface area contributed by atoms with E-state index in [1.54, 1.807) is 12.1 Å². The molecule has 0 radical (unpaired) electrons. The largest absolute Gasteiger partial charge is 0.481 e. The molecule has 1 aromatic heterocycles. The van der Waals surface area contributed by atoms with Crippen molar-refractivity contribution in [3.63, 3.8) is 0 Å². The Hall–Kier alpha value is -2.31. The third kappa shape index (κ3) is 5.13.